The number of ether oxygens (including phenoxy) is 1. The number of hydrogen-bond donors (Lipinski definition) is 0. The molecular formula is C12H21NO. The van der Waals surface area contributed by atoms with Crippen LogP contribution in [0, 0.1) is 13.8 Å². The highest BCUT2D eigenvalue weighted by Crippen LogP contribution is 2.07. The third-order valence-corrected chi connectivity index (χ3v) is 2.39. The molecule has 0 N–H and O–H groups in total. The van der Waals surface area contributed by atoms with Gasteiger partial charge in [0.1, 0.15) is 0 Å². The summed E-state index contributed by atoms with van der Waals surface area (Å²) in [5.74, 6) is 0. The van der Waals surface area contributed by atoms with Gasteiger partial charge in [0.05, 0.1) is 6.10 Å². The minimum absolute atomic E-state index is 0.349. The highest BCUT2D eigenvalue weighted by atomic mass is 16.5. The second-order valence-corrected chi connectivity index (χ2v) is 4.04. The van der Waals surface area contributed by atoms with Gasteiger partial charge in [-0.2, -0.15) is 0 Å². The van der Waals surface area contributed by atoms with Crippen LogP contribution >= 0.6 is 0 Å². The number of aromatic nitrogens is 1. The highest BCUT2D eigenvalue weighted by molar-refractivity contribution is 5.13. The maximum atomic E-state index is 5.51. The van der Waals surface area contributed by atoms with E-state index in [1.165, 1.54) is 11.4 Å². The smallest absolute Gasteiger partial charge is 0.0518 e. The Morgan fingerprint density at radius 3 is 2.29 bits per heavy atom. The van der Waals surface area contributed by atoms with Gasteiger partial charge in [-0.25, -0.2) is 0 Å². The van der Waals surface area contributed by atoms with Crippen LogP contribution in [0.3, 0.4) is 0 Å². The Hall–Kier alpha value is -0.760. The standard InChI is InChI=1S/C12H21NO/c1-10(2)14-9-5-8-13-11(3)6-7-12(13)4/h6-7,10H,5,8-9H2,1-4H3. The average molecular weight is 195 g/mol. The van der Waals surface area contributed by atoms with Crippen LogP contribution in [-0.2, 0) is 11.3 Å². The van der Waals surface area contributed by atoms with Crippen molar-refractivity contribution in [1.29, 1.82) is 0 Å². The summed E-state index contributed by atoms with van der Waals surface area (Å²) in [6.45, 7) is 10.4. The first-order valence-electron chi connectivity index (χ1n) is 5.35. The van der Waals surface area contributed by atoms with Crippen molar-refractivity contribution in [3.63, 3.8) is 0 Å². The summed E-state index contributed by atoms with van der Waals surface area (Å²) in [6, 6.07) is 4.33. The minimum atomic E-state index is 0.349. The van der Waals surface area contributed by atoms with Crippen LogP contribution in [0.4, 0.5) is 0 Å². The molecule has 2 heteroatoms. The van der Waals surface area contributed by atoms with E-state index < -0.39 is 0 Å². The van der Waals surface area contributed by atoms with Crippen LogP contribution in [0.5, 0.6) is 0 Å². The Balaban J connectivity index is 2.31. The largest absolute Gasteiger partial charge is 0.379 e. The van der Waals surface area contributed by atoms with Gasteiger partial charge >= 0.3 is 0 Å². The first-order valence-corrected chi connectivity index (χ1v) is 5.35. The van der Waals surface area contributed by atoms with E-state index in [-0.39, 0.29) is 0 Å². The maximum Gasteiger partial charge on any atom is 0.0518 e. The second kappa shape index (κ2) is 5.20. The zero-order chi connectivity index (χ0) is 10.6. The lowest BCUT2D eigenvalue weighted by atomic mass is 10.4. The molecule has 0 fully saturated rings. The van der Waals surface area contributed by atoms with Crippen LogP contribution < -0.4 is 0 Å². The van der Waals surface area contributed by atoms with Gasteiger partial charge in [-0.15, -0.1) is 0 Å². The van der Waals surface area contributed by atoms with Gasteiger partial charge in [0, 0.05) is 24.5 Å². The molecule has 0 aromatic carbocycles. The van der Waals surface area contributed by atoms with E-state index >= 15 is 0 Å². The van der Waals surface area contributed by atoms with Crippen LogP contribution in [0.1, 0.15) is 31.7 Å². The van der Waals surface area contributed by atoms with Gasteiger partial charge in [0.15, 0.2) is 0 Å². The number of nitrogens with zero attached hydrogens (tertiary/aromatic N) is 1. The molecule has 1 rings (SSSR count). The first kappa shape index (κ1) is 11.3. The molecule has 0 aliphatic carbocycles. The zero-order valence-corrected chi connectivity index (χ0v) is 9.71. The molecule has 0 amide bonds. The average Bonchev–Trinajstić information content (AvgIpc) is 2.42. The van der Waals surface area contributed by atoms with Crippen molar-refractivity contribution < 1.29 is 4.74 Å². The van der Waals surface area contributed by atoms with Crippen molar-refractivity contribution in [2.24, 2.45) is 0 Å². The third-order valence-electron chi connectivity index (χ3n) is 2.39. The molecule has 1 heterocycles. The van der Waals surface area contributed by atoms with Crippen molar-refractivity contribution in [2.45, 2.75) is 46.8 Å². The molecule has 0 unspecified atom stereocenters. The zero-order valence-electron chi connectivity index (χ0n) is 9.71. The predicted molar refractivity (Wildman–Crippen MR) is 59.6 cm³/mol. The monoisotopic (exact) mass is 195 g/mol. The fourth-order valence-electron chi connectivity index (χ4n) is 1.59. The van der Waals surface area contributed by atoms with E-state index in [4.69, 9.17) is 4.74 Å². The molecule has 0 bridgehead atoms. The van der Waals surface area contributed by atoms with E-state index in [0.717, 1.165) is 19.6 Å². The van der Waals surface area contributed by atoms with Crippen LogP contribution in [0.2, 0.25) is 0 Å². The second-order valence-electron chi connectivity index (χ2n) is 4.04. The van der Waals surface area contributed by atoms with Crippen molar-refractivity contribution in [2.75, 3.05) is 6.61 Å². The molecule has 0 aliphatic heterocycles. The van der Waals surface area contributed by atoms with E-state index in [1.54, 1.807) is 0 Å². The van der Waals surface area contributed by atoms with Crippen LogP contribution in [0.25, 0.3) is 0 Å². The van der Waals surface area contributed by atoms with Gasteiger partial charge in [-0.3, -0.25) is 0 Å². The fraction of sp³-hybridized carbons (Fsp3) is 0.667. The van der Waals surface area contributed by atoms with Gasteiger partial charge in [0.2, 0.25) is 0 Å². The summed E-state index contributed by atoms with van der Waals surface area (Å²) in [5, 5.41) is 0. The van der Waals surface area contributed by atoms with Gasteiger partial charge in [-0.1, -0.05) is 0 Å². The lowest BCUT2D eigenvalue weighted by Crippen LogP contribution is -2.08. The van der Waals surface area contributed by atoms with Crippen molar-refractivity contribution in [3.8, 4) is 0 Å². The van der Waals surface area contributed by atoms with Gasteiger partial charge in [0.25, 0.3) is 0 Å². The molecule has 0 spiro atoms. The summed E-state index contributed by atoms with van der Waals surface area (Å²) in [7, 11) is 0. The fourth-order valence-corrected chi connectivity index (χ4v) is 1.59. The van der Waals surface area contributed by atoms with Crippen LogP contribution in [-0.4, -0.2) is 17.3 Å². The summed E-state index contributed by atoms with van der Waals surface area (Å²) >= 11 is 0. The summed E-state index contributed by atoms with van der Waals surface area (Å²) in [6.07, 6.45) is 1.44. The molecule has 1 aromatic heterocycles. The van der Waals surface area contributed by atoms with E-state index in [1.807, 2.05) is 0 Å². The van der Waals surface area contributed by atoms with Gasteiger partial charge in [-0.05, 0) is 46.2 Å². The number of aryl methyl sites for hydroxylation is 2. The van der Waals surface area contributed by atoms with E-state index in [0.29, 0.717) is 6.10 Å². The summed E-state index contributed by atoms with van der Waals surface area (Å²) < 4.78 is 7.84. The normalized spacial score (nSPS) is 11.2. The molecule has 0 aliphatic rings. The SMILES string of the molecule is Cc1ccc(C)n1CCCOC(C)C. The Labute approximate surface area is 86.9 Å². The molecule has 0 radical (unpaired) electrons. The Morgan fingerprint density at radius 2 is 1.79 bits per heavy atom. The van der Waals surface area contributed by atoms with Crippen molar-refractivity contribution in [3.05, 3.63) is 23.5 Å². The number of rotatable bonds is 5. The molecule has 14 heavy (non-hydrogen) atoms. The molecule has 0 saturated heterocycles. The Bertz CT molecular complexity index is 256. The third kappa shape index (κ3) is 3.18. The van der Waals surface area contributed by atoms with Gasteiger partial charge < -0.3 is 9.30 Å². The molecule has 0 saturated carbocycles. The molecule has 80 valence electrons. The topological polar surface area (TPSA) is 14.2 Å². The summed E-state index contributed by atoms with van der Waals surface area (Å²) in [4.78, 5) is 0. The Morgan fingerprint density at radius 1 is 1.21 bits per heavy atom. The van der Waals surface area contributed by atoms with E-state index in [2.05, 4.69) is 44.4 Å². The molecular weight excluding hydrogens is 174 g/mol. The number of hydrogen-bond acceptors (Lipinski definition) is 1. The minimum Gasteiger partial charge on any atom is -0.379 e. The first-order chi connectivity index (χ1) is 6.61. The van der Waals surface area contributed by atoms with Crippen molar-refractivity contribution in [1.82, 2.24) is 4.57 Å². The lowest BCUT2D eigenvalue weighted by Gasteiger charge is -2.10. The summed E-state index contributed by atoms with van der Waals surface area (Å²) in [5.41, 5.74) is 2.68. The van der Waals surface area contributed by atoms with Crippen LogP contribution in [0.15, 0.2) is 12.1 Å². The Kier molecular flexibility index (Phi) is 4.21. The maximum absolute atomic E-state index is 5.51. The lowest BCUT2D eigenvalue weighted by molar-refractivity contribution is 0.0747. The predicted octanol–water partition coefficient (Wildman–Crippen LogP) is 2.92. The van der Waals surface area contributed by atoms with E-state index in [9.17, 15) is 0 Å². The quantitative estimate of drug-likeness (QED) is 0.659. The highest BCUT2D eigenvalue weighted by Gasteiger charge is 2.00. The molecule has 1 aromatic rings. The molecule has 2 nitrogen and oxygen atoms in total. The molecule has 0 atom stereocenters. The van der Waals surface area contributed by atoms with Crippen molar-refractivity contribution >= 4 is 0 Å².